The number of fused-ring (bicyclic) bond motifs is 1. The number of halogens is 3. The fourth-order valence-corrected chi connectivity index (χ4v) is 4.82. The van der Waals surface area contributed by atoms with E-state index in [1.165, 1.54) is 6.07 Å². The number of nitrogens with one attached hydrogen (secondary N) is 2. The second kappa shape index (κ2) is 11.0. The molecule has 1 saturated heterocycles. The van der Waals surface area contributed by atoms with Crippen LogP contribution in [0.15, 0.2) is 66.9 Å². The number of likely N-dealkylation sites (N-methyl/N-ethyl adjacent to an activating group) is 1. The molecule has 0 saturated carbocycles. The largest absolute Gasteiger partial charge is 0.439 e. The molecule has 0 unspecified atom stereocenters. The van der Waals surface area contributed by atoms with E-state index in [1.807, 2.05) is 25.1 Å². The monoisotopic (exact) mass is 550 g/mol. The highest BCUT2D eigenvalue weighted by atomic mass is 19.4. The molecule has 2 N–H and O–H groups in total. The third-order valence-corrected chi connectivity index (χ3v) is 6.98. The summed E-state index contributed by atoms with van der Waals surface area (Å²) in [5.74, 6) is 0.772. The van der Waals surface area contributed by atoms with Crippen molar-refractivity contribution in [2.45, 2.75) is 18.6 Å². The van der Waals surface area contributed by atoms with Gasteiger partial charge >= 0.3 is 6.18 Å². The molecule has 0 spiro atoms. The Labute approximate surface area is 229 Å². The highest BCUT2D eigenvalue weighted by molar-refractivity contribution is 6.14. The molecule has 1 atom stereocenters. The van der Waals surface area contributed by atoms with Crippen molar-refractivity contribution >= 4 is 34.0 Å². The first-order valence-electron chi connectivity index (χ1n) is 12.8. The van der Waals surface area contributed by atoms with E-state index < -0.39 is 17.6 Å². The molecule has 40 heavy (non-hydrogen) atoms. The average Bonchev–Trinajstić information content (AvgIpc) is 3.43. The van der Waals surface area contributed by atoms with Crippen LogP contribution in [0, 0.1) is 0 Å². The Morgan fingerprint density at radius 2 is 1.93 bits per heavy atom. The molecular weight excluding hydrogens is 521 g/mol. The lowest BCUT2D eigenvalue weighted by Crippen LogP contribution is -2.31. The zero-order valence-corrected chi connectivity index (χ0v) is 22.3. The van der Waals surface area contributed by atoms with E-state index >= 15 is 0 Å². The van der Waals surface area contributed by atoms with Crippen LogP contribution in [0.5, 0.6) is 11.6 Å². The summed E-state index contributed by atoms with van der Waals surface area (Å²) in [4.78, 5) is 25.9. The smallest absolute Gasteiger partial charge is 0.416 e. The standard InChI is InChI=1S/C29H29F3N6O2/c1-33-28-34-13-11-26(36-28)40-21-8-9-22-18(15-21)5-4-6-23(22)27(39)35-24-16-19(29(30,31)32)7-10-25(24)38-14-12-20(17-38)37(2)3/h4-11,13,15-16,20H,12,14,17H2,1-3H3,(H,35,39)(H,33,34,36)/t20-/m1/s1. The fraction of sp³-hybridized carbons (Fsp3) is 0.276. The van der Waals surface area contributed by atoms with Gasteiger partial charge in [0.15, 0.2) is 0 Å². The van der Waals surface area contributed by atoms with Crippen LogP contribution >= 0.6 is 0 Å². The van der Waals surface area contributed by atoms with Gasteiger partial charge in [-0.3, -0.25) is 4.79 Å². The Balaban J connectivity index is 1.44. The highest BCUT2D eigenvalue weighted by Gasteiger charge is 2.33. The van der Waals surface area contributed by atoms with Gasteiger partial charge in [0.2, 0.25) is 11.8 Å². The maximum Gasteiger partial charge on any atom is 0.416 e. The maximum absolute atomic E-state index is 13.6. The van der Waals surface area contributed by atoms with Crippen molar-refractivity contribution in [3.8, 4) is 11.6 Å². The van der Waals surface area contributed by atoms with E-state index in [1.54, 1.807) is 49.6 Å². The van der Waals surface area contributed by atoms with Crippen LogP contribution in [0.25, 0.3) is 10.8 Å². The van der Waals surface area contributed by atoms with E-state index in [9.17, 15) is 18.0 Å². The van der Waals surface area contributed by atoms with Gasteiger partial charge in [-0.2, -0.15) is 18.2 Å². The zero-order valence-electron chi connectivity index (χ0n) is 22.3. The van der Waals surface area contributed by atoms with Crippen LogP contribution in [0.4, 0.5) is 30.5 Å². The molecule has 0 bridgehead atoms. The number of rotatable bonds is 7. The lowest BCUT2D eigenvalue weighted by Gasteiger charge is -2.25. The molecular formula is C29H29F3N6O2. The fourth-order valence-electron chi connectivity index (χ4n) is 4.82. The van der Waals surface area contributed by atoms with Gasteiger partial charge < -0.3 is 25.2 Å². The molecule has 1 aliphatic heterocycles. The van der Waals surface area contributed by atoms with Gasteiger partial charge in [-0.05, 0) is 73.8 Å². The Kier molecular flexibility index (Phi) is 7.49. The second-order valence-corrected chi connectivity index (χ2v) is 9.79. The molecule has 1 amide bonds. The summed E-state index contributed by atoms with van der Waals surface area (Å²) in [6, 6.07) is 15.8. The normalized spacial score (nSPS) is 15.5. The van der Waals surface area contributed by atoms with Crippen LogP contribution in [0.2, 0.25) is 0 Å². The number of aromatic nitrogens is 2. The molecule has 3 aromatic carbocycles. The van der Waals surface area contributed by atoms with Crippen LogP contribution < -0.4 is 20.3 Å². The quantitative estimate of drug-likeness (QED) is 0.298. The van der Waals surface area contributed by atoms with Crippen LogP contribution in [-0.4, -0.2) is 61.0 Å². The van der Waals surface area contributed by atoms with Gasteiger partial charge in [0.25, 0.3) is 5.91 Å². The van der Waals surface area contributed by atoms with Gasteiger partial charge in [0, 0.05) is 44.0 Å². The molecule has 1 fully saturated rings. The first kappa shape index (κ1) is 27.2. The summed E-state index contributed by atoms with van der Waals surface area (Å²) in [6.45, 7) is 1.33. The van der Waals surface area contributed by atoms with E-state index in [0.717, 1.165) is 23.9 Å². The molecule has 2 heterocycles. The lowest BCUT2D eigenvalue weighted by molar-refractivity contribution is -0.137. The third kappa shape index (κ3) is 5.79. The van der Waals surface area contributed by atoms with Crippen molar-refractivity contribution < 1.29 is 22.7 Å². The Morgan fingerprint density at radius 1 is 1.10 bits per heavy atom. The number of amides is 1. The maximum atomic E-state index is 13.6. The minimum absolute atomic E-state index is 0.125. The van der Waals surface area contributed by atoms with E-state index in [4.69, 9.17) is 4.74 Å². The number of carbonyl (C=O) groups is 1. The Bertz CT molecular complexity index is 1540. The summed E-state index contributed by atoms with van der Waals surface area (Å²) in [6.07, 6.45) is -2.09. The van der Waals surface area contributed by atoms with Gasteiger partial charge in [-0.1, -0.05) is 12.1 Å². The van der Waals surface area contributed by atoms with E-state index in [0.29, 0.717) is 47.3 Å². The number of hydrogen-bond acceptors (Lipinski definition) is 7. The lowest BCUT2D eigenvalue weighted by atomic mass is 10.0. The van der Waals surface area contributed by atoms with Crippen LogP contribution in [0.1, 0.15) is 22.3 Å². The number of carbonyl (C=O) groups excluding carboxylic acids is 1. The zero-order chi connectivity index (χ0) is 28.4. The number of alkyl halides is 3. The molecule has 0 aliphatic carbocycles. The average molecular weight is 551 g/mol. The molecule has 1 aromatic heterocycles. The minimum atomic E-state index is -4.54. The van der Waals surface area contributed by atoms with Crippen molar-refractivity contribution in [3.05, 3.63) is 78.0 Å². The molecule has 11 heteroatoms. The minimum Gasteiger partial charge on any atom is -0.439 e. The van der Waals surface area contributed by atoms with Crippen LogP contribution in [0.3, 0.4) is 0 Å². The Morgan fingerprint density at radius 3 is 2.65 bits per heavy atom. The summed E-state index contributed by atoms with van der Waals surface area (Å²) in [7, 11) is 5.66. The van der Waals surface area contributed by atoms with E-state index in [2.05, 4.69) is 25.5 Å². The molecule has 1 aliphatic rings. The predicted octanol–water partition coefficient (Wildman–Crippen LogP) is 5.88. The number of benzene rings is 3. The first-order chi connectivity index (χ1) is 19.1. The topological polar surface area (TPSA) is 82.6 Å². The molecule has 4 aromatic rings. The Hall–Kier alpha value is -4.38. The summed E-state index contributed by atoms with van der Waals surface area (Å²) >= 11 is 0. The third-order valence-electron chi connectivity index (χ3n) is 6.98. The number of hydrogen-bond donors (Lipinski definition) is 2. The highest BCUT2D eigenvalue weighted by Crippen LogP contribution is 2.37. The SMILES string of the molecule is CNc1nccc(Oc2ccc3c(C(=O)Nc4cc(C(F)(F)F)ccc4N4CC[C@@H](N(C)C)C4)cccc3c2)n1. The first-order valence-corrected chi connectivity index (χ1v) is 12.8. The van der Waals surface area contributed by atoms with Gasteiger partial charge in [0.1, 0.15) is 5.75 Å². The summed E-state index contributed by atoms with van der Waals surface area (Å²) < 4.78 is 46.6. The summed E-state index contributed by atoms with van der Waals surface area (Å²) in [5, 5.41) is 6.98. The molecule has 208 valence electrons. The van der Waals surface area contributed by atoms with Crippen molar-refractivity contribution in [2.75, 3.05) is 49.8 Å². The van der Waals surface area contributed by atoms with Crippen molar-refractivity contribution in [3.63, 3.8) is 0 Å². The van der Waals surface area contributed by atoms with Crippen molar-refractivity contribution in [1.82, 2.24) is 14.9 Å². The number of ether oxygens (including phenoxy) is 1. The van der Waals surface area contributed by atoms with Crippen molar-refractivity contribution in [2.24, 2.45) is 0 Å². The van der Waals surface area contributed by atoms with Crippen molar-refractivity contribution in [1.29, 1.82) is 0 Å². The molecule has 8 nitrogen and oxygen atoms in total. The number of nitrogens with zero attached hydrogens (tertiary/aromatic N) is 4. The predicted molar refractivity (Wildman–Crippen MR) is 149 cm³/mol. The summed E-state index contributed by atoms with van der Waals surface area (Å²) in [5.41, 5.74) is 0.202. The number of anilines is 3. The van der Waals surface area contributed by atoms with Gasteiger partial charge in [-0.15, -0.1) is 0 Å². The van der Waals surface area contributed by atoms with Gasteiger partial charge in [-0.25, -0.2) is 4.98 Å². The second-order valence-electron chi connectivity index (χ2n) is 9.79. The van der Waals surface area contributed by atoms with Crippen LogP contribution in [-0.2, 0) is 6.18 Å². The van der Waals surface area contributed by atoms with E-state index in [-0.39, 0.29) is 11.7 Å². The molecule has 0 radical (unpaired) electrons. The molecule has 5 rings (SSSR count). The van der Waals surface area contributed by atoms with Gasteiger partial charge in [0.05, 0.1) is 16.9 Å².